The summed E-state index contributed by atoms with van der Waals surface area (Å²) in [4.78, 5) is 10.7. The first kappa shape index (κ1) is 21.3. The fourth-order valence-electron chi connectivity index (χ4n) is 1.49. The fraction of sp³-hybridized carbons (Fsp3) is 0.667. The highest BCUT2D eigenvalue weighted by molar-refractivity contribution is 5.85. The third-order valence-electron chi connectivity index (χ3n) is 2.51. The van der Waals surface area contributed by atoms with E-state index in [1.165, 1.54) is 0 Å². The van der Waals surface area contributed by atoms with Gasteiger partial charge in [0.15, 0.2) is 0 Å². The summed E-state index contributed by atoms with van der Waals surface area (Å²) >= 11 is 0. The fourth-order valence-corrected chi connectivity index (χ4v) is 1.49. The minimum Gasteiger partial charge on any atom is -0.430 e. The van der Waals surface area contributed by atoms with E-state index in [4.69, 9.17) is 1.37 Å². The Morgan fingerprint density at radius 2 is 1.04 bits per heavy atom. The third-order valence-corrected chi connectivity index (χ3v) is 2.51. The number of alkyl halides is 13. The van der Waals surface area contributed by atoms with Crippen LogP contribution in [-0.4, -0.2) is 41.9 Å². The van der Waals surface area contributed by atoms with Crippen molar-refractivity contribution in [1.82, 2.24) is 0 Å². The van der Waals surface area contributed by atoms with Crippen LogP contribution in [0, 0.1) is 0 Å². The van der Waals surface area contributed by atoms with Gasteiger partial charge >= 0.3 is 41.9 Å². The van der Waals surface area contributed by atoms with Crippen molar-refractivity contribution in [2.24, 2.45) is 0 Å². The van der Waals surface area contributed by atoms with Gasteiger partial charge < -0.3 is 4.74 Å². The highest BCUT2D eigenvalue weighted by Crippen LogP contribution is 2.63. The van der Waals surface area contributed by atoms with Crippen molar-refractivity contribution in [2.45, 2.75) is 36.0 Å². The molecule has 0 bridgehead atoms. The molecule has 0 saturated carbocycles. The van der Waals surface area contributed by atoms with Gasteiger partial charge in [0.2, 0.25) is 5.83 Å². The highest BCUT2D eigenvalue weighted by Gasteiger charge is 2.97. The maximum atomic E-state index is 13.7. The molecule has 0 fully saturated rings. The molecule has 2 nitrogen and oxygen atoms in total. The average Bonchev–Trinajstić information content (AvgIpc) is 2.37. The highest BCUT2D eigenvalue weighted by atomic mass is 19.4. The zero-order chi connectivity index (χ0) is 21.6. The SMILES string of the molecule is [2H]/C=C(\F)C(=O)OC(C(F)(F)F)(C(F)(F)F)C(F)(C(F)(F)F)C(F)(F)F. The van der Waals surface area contributed by atoms with Crippen molar-refractivity contribution in [3.8, 4) is 0 Å². The second-order valence-corrected chi connectivity index (χ2v) is 4.07. The molecule has 0 aliphatic heterocycles. The lowest BCUT2D eigenvalue weighted by Crippen LogP contribution is -2.79. The molecule has 148 valence electrons. The summed E-state index contributed by atoms with van der Waals surface area (Å²) in [5, 5.41) is 0. The first-order chi connectivity index (χ1) is 11.1. The molecule has 0 aromatic heterocycles. The van der Waals surface area contributed by atoms with Gasteiger partial charge in [0.1, 0.15) is 0 Å². The Morgan fingerprint density at radius 1 is 0.720 bits per heavy atom. The Balaban J connectivity index is 7.30. The van der Waals surface area contributed by atoms with Crippen LogP contribution in [0.5, 0.6) is 0 Å². The van der Waals surface area contributed by atoms with E-state index in [1.807, 2.05) is 0 Å². The second kappa shape index (κ2) is 5.89. The molecule has 0 amide bonds. The predicted octanol–water partition coefficient (Wildman–Crippen LogP) is 4.71. The smallest absolute Gasteiger partial charge is 0.430 e. The van der Waals surface area contributed by atoms with Crippen LogP contribution < -0.4 is 0 Å². The standard InChI is InChI=1S/C9H2F14O2/c1-2(10)3(24)25-5(8(18,19)20,9(21,22)23)4(11,6(12,13)14)7(15,16)17/h1H2/i1D/b2-1-. The maximum absolute atomic E-state index is 13.7. The molecule has 0 saturated heterocycles. The molecule has 0 aromatic carbocycles. The lowest BCUT2D eigenvalue weighted by atomic mass is 9.80. The van der Waals surface area contributed by atoms with Gasteiger partial charge in [-0.15, -0.1) is 0 Å². The van der Waals surface area contributed by atoms with E-state index in [2.05, 4.69) is 4.74 Å². The van der Waals surface area contributed by atoms with Gasteiger partial charge in [0.25, 0.3) is 0 Å². The normalized spacial score (nSPS) is 16.6. The number of hydrogen-bond acceptors (Lipinski definition) is 2. The zero-order valence-corrected chi connectivity index (χ0v) is 10.7. The molecular weight excluding hydrogens is 406 g/mol. The molecule has 0 atom stereocenters. The lowest BCUT2D eigenvalue weighted by Gasteiger charge is -2.46. The van der Waals surface area contributed by atoms with Crippen molar-refractivity contribution in [1.29, 1.82) is 0 Å². The summed E-state index contributed by atoms with van der Waals surface area (Å²) in [6.45, 7) is -0.999. The monoisotopic (exact) mass is 409 g/mol. The van der Waals surface area contributed by atoms with Gasteiger partial charge in [0.05, 0.1) is 1.37 Å². The average molecular weight is 409 g/mol. The van der Waals surface area contributed by atoms with Crippen LogP contribution in [0.25, 0.3) is 0 Å². The molecule has 0 rings (SSSR count). The van der Waals surface area contributed by atoms with E-state index < -0.39 is 54.3 Å². The van der Waals surface area contributed by atoms with Crippen LogP contribution in [0.15, 0.2) is 12.4 Å². The van der Waals surface area contributed by atoms with Crippen molar-refractivity contribution in [3.05, 3.63) is 12.4 Å². The molecule has 0 aromatic rings. The minimum absolute atomic E-state index is 0.999. The van der Waals surface area contributed by atoms with Crippen LogP contribution in [0.4, 0.5) is 61.5 Å². The topological polar surface area (TPSA) is 26.3 Å². The molecule has 16 heteroatoms. The number of carbonyl (C=O) groups is 1. The van der Waals surface area contributed by atoms with E-state index in [-0.39, 0.29) is 0 Å². The van der Waals surface area contributed by atoms with Crippen LogP contribution in [0.2, 0.25) is 0 Å². The number of halogens is 14. The lowest BCUT2D eigenvalue weighted by molar-refractivity contribution is -0.478. The maximum Gasteiger partial charge on any atom is 0.441 e. The Bertz CT molecular complexity index is 537. The Kier molecular flexibility index (Phi) is 5.02. The zero-order valence-electron chi connectivity index (χ0n) is 11.7. The molecule has 0 aliphatic carbocycles. The second-order valence-electron chi connectivity index (χ2n) is 4.07. The van der Waals surface area contributed by atoms with Gasteiger partial charge in [-0.25, -0.2) is 9.18 Å². The summed E-state index contributed by atoms with van der Waals surface area (Å²) < 4.78 is 185. The predicted molar refractivity (Wildman–Crippen MR) is 47.1 cm³/mol. The van der Waals surface area contributed by atoms with Gasteiger partial charge in [0, 0.05) is 0 Å². The van der Waals surface area contributed by atoms with E-state index in [0.29, 0.717) is 0 Å². The van der Waals surface area contributed by atoms with Crippen molar-refractivity contribution >= 4 is 5.97 Å². The number of ether oxygens (including phenoxy) is 1. The van der Waals surface area contributed by atoms with Crippen molar-refractivity contribution in [3.63, 3.8) is 0 Å². The summed E-state index contributed by atoms with van der Waals surface area (Å²) in [6.07, 6.45) is -31.8. The summed E-state index contributed by atoms with van der Waals surface area (Å²) in [7, 11) is 0. The number of rotatable bonds is 3. The summed E-state index contributed by atoms with van der Waals surface area (Å²) in [5.74, 6) is -6.82. The van der Waals surface area contributed by atoms with Crippen LogP contribution in [0.3, 0.4) is 0 Å². The van der Waals surface area contributed by atoms with Crippen LogP contribution >= 0.6 is 0 Å². The van der Waals surface area contributed by atoms with Crippen LogP contribution in [0.1, 0.15) is 1.37 Å². The first-order valence-electron chi connectivity index (χ1n) is 5.62. The quantitative estimate of drug-likeness (QED) is 0.384. The van der Waals surface area contributed by atoms with E-state index in [0.717, 1.165) is 0 Å². The molecule has 25 heavy (non-hydrogen) atoms. The molecule has 0 radical (unpaired) electrons. The van der Waals surface area contributed by atoms with Gasteiger partial charge in [-0.2, -0.15) is 57.1 Å². The van der Waals surface area contributed by atoms with Gasteiger partial charge in [-0.3, -0.25) is 0 Å². The summed E-state index contributed by atoms with van der Waals surface area (Å²) in [6, 6.07) is 0. The van der Waals surface area contributed by atoms with Crippen molar-refractivity contribution < 1.29 is 72.4 Å². The van der Waals surface area contributed by atoms with E-state index >= 15 is 0 Å². The number of esters is 1. The molecule has 0 heterocycles. The van der Waals surface area contributed by atoms with Crippen LogP contribution in [-0.2, 0) is 9.53 Å². The Labute approximate surface area is 128 Å². The van der Waals surface area contributed by atoms with Gasteiger partial charge in [-0.1, -0.05) is 6.55 Å². The number of carbonyl (C=O) groups excluding carboxylic acids is 1. The molecule has 0 aliphatic rings. The minimum atomic E-state index is -8.28. The largest absolute Gasteiger partial charge is 0.441 e. The molecule has 0 unspecified atom stereocenters. The Morgan fingerprint density at radius 3 is 1.24 bits per heavy atom. The van der Waals surface area contributed by atoms with E-state index in [1.54, 1.807) is 0 Å². The van der Waals surface area contributed by atoms with Gasteiger partial charge in [-0.05, 0) is 0 Å². The van der Waals surface area contributed by atoms with Crippen molar-refractivity contribution in [2.75, 3.05) is 0 Å². The Hall–Kier alpha value is -1.77. The molecular formula is C9H2F14O2. The molecule has 0 spiro atoms. The molecule has 0 N–H and O–H groups in total. The van der Waals surface area contributed by atoms with E-state index in [9.17, 15) is 66.3 Å². The summed E-state index contributed by atoms with van der Waals surface area (Å²) in [5.41, 5.74) is -16.2. The first-order valence-corrected chi connectivity index (χ1v) is 5.05. The third kappa shape index (κ3) is 3.33. The number of hydrogen-bond donors (Lipinski definition) is 0.